The summed E-state index contributed by atoms with van der Waals surface area (Å²) in [5.74, 6) is 0.761. The van der Waals surface area contributed by atoms with Gasteiger partial charge in [-0.05, 0) is 60.2 Å². The first kappa shape index (κ1) is 20.9. The van der Waals surface area contributed by atoms with Gasteiger partial charge in [-0.2, -0.15) is 0 Å². The van der Waals surface area contributed by atoms with Crippen LogP contribution < -0.4 is 0 Å². The van der Waals surface area contributed by atoms with Crippen LogP contribution in [0.2, 0.25) is 0 Å². The SMILES string of the molecule is O=C(c1ccccc1)N1C[C@H]2OC34CCC1C2C31c2cc(O)ccc2CC12CN(Cc1ccccc1)C24. The van der Waals surface area contributed by atoms with Crippen molar-refractivity contribution in [1.82, 2.24) is 9.80 Å². The molecule has 7 atom stereocenters. The Hall–Kier alpha value is -3.15. The summed E-state index contributed by atoms with van der Waals surface area (Å²) in [7, 11) is 0. The van der Waals surface area contributed by atoms with Crippen molar-refractivity contribution in [2.24, 2.45) is 11.3 Å². The van der Waals surface area contributed by atoms with Gasteiger partial charge in [-0.25, -0.2) is 0 Å². The number of nitrogens with zero attached hydrogens (tertiary/aromatic N) is 2. The van der Waals surface area contributed by atoms with Gasteiger partial charge in [-0.1, -0.05) is 54.6 Å². The number of phenols is 1. The van der Waals surface area contributed by atoms with Gasteiger partial charge in [0.1, 0.15) is 5.75 Å². The Kier molecular flexibility index (Phi) is 3.74. The molecular weight excluding hydrogens is 460 g/mol. The van der Waals surface area contributed by atoms with E-state index < -0.39 is 0 Å². The molecule has 0 radical (unpaired) electrons. The van der Waals surface area contributed by atoms with Crippen LogP contribution in [0.15, 0.2) is 78.9 Å². The molecule has 9 rings (SSSR count). The van der Waals surface area contributed by atoms with E-state index in [-0.39, 0.29) is 40.4 Å². The van der Waals surface area contributed by atoms with Gasteiger partial charge in [0.2, 0.25) is 0 Å². The van der Waals surface area contributed by atoms with E-state index in [1.54, 1.807) is 0 Å². The first-order chi connectivity index (χ1) is 18.1. The Morgan fingerprint density at radius 1 is 1.03 bits per heavy atom. The third-order valence-corrected chi connectivity index (χ3v) is 11.1. The molecule has 2 spiro atoms. The van der Waals surface area contributed by atoms with Gasteiger partial charge in [0.15, 0.2) is 0 Å². The second-order valence-corrected chi connectivity index (χ2v) is 12.3. The van der Waals surface area contributed by atoms with Gasteiger partial charge in [-0.15, -0.1) is 0 Å². The van der Waals surface area contributed by atoms with Crippen molar-refractivity contribution in [2.45, 2.75) is 55.0 Å². The van der Waals surface area contributed by atoms with E-state index >= 15 is 0 Å². The Morgan fingerprint density at radius 2 is 1.81 bits per heavy atom. The number of carbonyl (C=O) groups excluding carboxylic acids is 1. The fourth-order valence-electron chi connectivity index (χ4n) is 10.5. The maximum Gasteiger partial charge on any atom is 0.254 e. The van der Waals surface area contributed by atoms with Crippen LogP contribution in [-0.2, 0) is 23.1 Å². The van der Waals surface area contributed by atoms with Crippen molar-refractivity contribution < 1.29 is 14.6 Å². The fraction of sp³-hybridized carbons (Fsp3) is 0.406. The van der Waals surface area contributed by atoms with Crippen LogP contribution >= 0.6 is 0 Å². The molecule has 5 nitrogen and oxygen atoms in total. The number of fused-ring (bicyclic) bond motifs is 1. The lowest BCUT2D eigenvalue weighted by Crippen LogP contribution is -2.94. The number of hydrogen-bond acceptors (Lipinski definition) is 4. The van der Waals surface area contributed by atoms with Crippen LogP contribution in [-0.4, -0.2) is 57.7 Å². The minimum absolute atomic E-state index is 0.0505. The number of phenolic OH excluding ortho intramolecular Hbond substituents is 1. The fourth-order valence-corrected chi connectivity index (χ4v) is 10.5. The maximum atomic E-state index is 13.7. The summed E-state index contributed by atoms with van der Waals surface area (Å²) in [5.41, 5.74) is 4.59. The van der Waals surface area contributed by atoms with Gasteiger partial charge in [0.05, 0.1) is 11.7 Å². The lowest BCUT2D eigenvalue weighted by Gasteiger charge is -2.82. The Labute approximate surface area is 216 Å². The highest BCUT2D eigenvalue weighted by Crippen LogP contribution is 2.85. The zero-order valence-corrected chi connectivity index (χ0v) is 20.7. The van der Waals surface area contributed by atoms with Gasteiger partial charge in [-0.3, -0.25) is 9.69 Å². The minimum atomic E-state index is -0.229. The minimum Gasteiger partial charge on any atom is -0.508 e. The highest BCUT2D eigenvalue weighted by Gasteiger charge is 2.95. The molecule has 2 bridgehead atoms. The van der Waals surface area contributed by atoms with Crippen molar-refractivity contribution in [3.63, 3.8) is 0 Å². The zero-order valence-electron chi connectivity index (χ0n) is 20.7. The largest absolute Gasteiger partial charge is 0.508 e. The summed E-state index contributed by atoms with van der Waals surface area (Å²) in [6.07, 6.45) is 3.05. The normalized spacial score (nSPS) is 39.7. The first-order valence-electron chi connectivity index (χ1n) is 13.7. The number of aromatic hydroxyl groups is 1. The second-order valence-electron chi connectivity index (χ2n) is 12.3. The Balaban J connectivity index is 1.16. The van der Waals surface area contributed by atoms with Crippen LogP contribution in [0.4, 0.5) is 0 Å². The number of piperidine rings is 1. The molecule has 3 aromatic carbocycles. The monoisotopic (exact) mass is 490 g/mol. The average molecular weight is 491 g/mol. The van der Waals surface area contributed by atoms with Gasteiger partial charge in [0.25, 0.3) is 5.91 Å². The molecule has 0 aromatic heterocycles. The summed E-state index contributed by atoms with van der Waals surface area (Å²) in [4.78, 5) is 18.5. The lowest BCUT2D eigenvalue weighted by atomic mass is 9.29. The molecule has 5 fully saturated rings. The maximum absolute atomic E-state index is 13.7. The van der Waals surface area contributed by atoms with Crippen molar-refractivity contribution in [3.8, 4) is 5.75 Å². The Bertz CT molecular complexity index is 1460. The number of amides is 1. The topological polar surface area (TPSA) is 53.0 Å². The van der Waals surface area contributed by atoms with E-state index in [1.807, 2.05) is 42.5 Å². The molecule has 3 aliphatic carbocycles. The molecule has 6 unspecified atom stereocenters. The molecule has 5 heteroatoms. The van der Waals surface area contributed by atoms with E-state index in [1.165, 1.54) is 16.7 Å². The molecule has 3 aliphatic heterocycles. The molecule has 6 aliphatic rings. The number of rotatable bonds is 3. The van der Waals surface area contributed by atoms with Crippen LogP contribution in [0, 0.1) is 11.3 Å². The molecule has 3 saturated heterocycles. The quantitative estimate of drug-likeness (QED) is 0.600. The predicted octanol–water partition coefficient (Wildman–Crippen LogP) is 4.14. The molecule has 186 valence electrons. The number of likely N-dealkylation sites (tertiary alicyclic amines) is 2. The van der Waals surface area contributed by atoms with Crippen LogP contribution in [0.3, 0.4) is 0 Å². The molecule has 37 heavy (non-hydrogen) atoms. The van der Waals surface area contributed by atoms with E-state index in [4.69, 9.17) is 4.74 Å². The average Bonchev–Trinajstić information content (AvgIpc) is 3.43. The third kappa shape index (κ3) is 2.14. The standard InChI is InChI=1S/C32H30N2O3/c35-23-12-11-22-16-30-19-33(17-20-7-3-1-4-8-20)29(30)31-14-13-25-27(32(30,31)24(22)15-23)26(37-31)18-34(25)28(36)21-9-5-2-6-10-21/h1-12,15,25-27,29,35H,13-14,16-19H2/t25?,26-,27?,29?,30?,31?,32?/m1/s1. The number of carbonyl (C=O) groups is 1. The number of ether oxygens (including phenoxy) is 1. The van der Waals surface area contributed by atoms with Gasteiger partial charge < -0.3 is 14.7 Å². The van der Waals surface area contributed by atoms with E-state index in [2.05, 4.69) is 46.2 Å². The van der Waals surface area contributed by atoms with E-state index in [0.717, 1.165) is 37.9 Å². The second kappa shape index (κ2) is 6.64. The van der Waals surface area contributed by atoms with E-state index in [9.17, 15) is 9.90 Å². The number of hydrogen-bond donors (Lipinski definition) is 1. The summed E-state index contributed by atoms with van der Waals surface area (Å²) in [6.45, 7) is 2.67. The summed E-state index contributed by atoms with van der Waals surface area (Å²) in [5, 5.41) is 10.6. The van der Waals surface area contributed by atoms with Crippen molar-refractivity contribution >= 4 is 5.91 Å². The van der Waals surface area contributed by atoms with E-state index in [0.29, 0.717) is 18.3 Å². The smallest absolute Gasteiger partial charge is 0.254 e. The van der Waals surface area contributed by atoms with Crippen molar-refractivity contribution in [1.29, 1.82) is 0 Å². The van der Waals surface area contributed by atoms with Gasteiger partial charge >= 0.3 is 0 Å². The summed E-state index contributed by atoms with van der Waals surface area (Å²) in [6, 6.07) is 27.1. The molecule has 3 heterocycles. The third-order valence-electron chi connectivity index (χ3n) is 11.1. The highest BCUT2D eigenvalue weighted by atomic mass is 16.5. The predicted molar refractivity (Wildman–Crippen MR) is 138 cm³/mol. The molecule has 1 N–H and O–H groups in total. The van der Waals surface area contributed by atoms with Crippen LogP contribution in [0.25, 0.3) is 0 Å². The highest BCUT2D eigenvalue weighted by molar-refractivity contribution is 5.94. The first-order valence-corrected chi connectivity index (χ1v) is 13.7. The molecule has 1 amide bonds. The molecular formula is C32H30N2O3. The lowest BCUT2D eigenvalue weighted by molar-refractivity contribution is -0.343. The van der Waals surface area contributed by atoms with Crippen LogP contribution in [0.1, 0.15) is 39.9 Å². The van der Waals surface area contributed by atoms with Gasteiger partial charge in [0, 0.05) is 54.0 Å². The Morgan fingerprint density at radius 3 is 2.62 bits per heavy atom. The van der Waals surface area contributed by atoms with Crippen molar-refractivity contribution in [3.05, 3.63) is 101 Å². The summed E-state index contributed by atoms with van der Waals surface area (Å²) >= 11 is 0. The zero-order chi connectivity index (χ0) is 24.6. The van der Waals surface area contributed by atoms with Crippen molar-refractivity contribution in [2.75, 3.05) is 13.1 Å². The molecule has 3 aromatic rings. The number of benzene rings is 3. The molecule has 2 saturated carbocycles. The van der Waals surface area contributed by atoms with Crippen LogP contribution in [0.5, 0.6) is 5.75 Å². The summed E-state index contributed by atoms with van der Waals surface area (Å²) < 4.78 is 7.26.